The molecule has 0 amide bonds. The zero-order valence-corrected chi connectivity index (χ0v) is 8.62. The number of aromatic nitrogens is 1. The summed E-state index contributed by atoms with van der Waals surface area (Å²) >= 11 is 6.07. The molecule has 0 saturated carbocycles. The van der Waals surface area contributed by atoms with Crippen molar-refractivity contribution in [3.63, 3.8) is 0 Å². The van der Waals surface area contributed by atoms with Gasteiger partial charge in [0.25, 0.3) is 0 Å². The van der Waals surface area contributed by atoms with E-state index in [1.807, 2.05) is 43.3 Å². The van der Waals surface area contributed by atoms with E-state index in [0.717, 1.165) is 21.5 Å². The Morgan fingerprint density at radius 1 is 1.29 bits per heavy atom. The third kappa shape index (κ3) is 1.64. The minimum atomic E-state index is 0.751. The molecular weight excluding hydrogens is 194 g/mol. The van der Waals surface area contributed by atoms with Crippen molar-refractivity contribution in [3.8, 4) is 0 Å². The van der Waals surface area contributed by atoms with Crippen molar-refractivity contribution in [3.05, 3.63) is 47.1 Å². The van der Waals surface area contributed by atoms with Crippen molar-refractivity contribution in [2.75, 3.05) is 0 Å². The van der Waals surface area contributed by atoms with Crippen LogP contribution in [-0.2, 0) is 0 Å². The standard InChI is InChI=1S/C12H10ClN/c1-2-3-9-4-5-12-10(8-9)11(13)6-7-14-12/h2-8H,1H3/b3-2+. The maximum Gasteiger partial charge on any atom is 0.0717 e. The van der Waals surface area contributed by atoms with E-state index in [4.69, 9.17) is 11.6 Å². The molecule has 0 aliphatic carbocycles. The van der Waals surface area contributed by atoms with Crippen LogP contribution in [0.1, 0.15) is 12.5 Å². The molecular formula is C12H10ClN. The fraction of sp³-hybridized carbons (Fsp3) is 0.0833. The summed E-state index contributed by atoms with van der Waals surface area (Å²) in [6.07, 6.45) is 5.77. The molecule has 70 valence electrons. The minimum Gasteiger partial charge on any atom is -0.256 e. The van der Waals surface area contributed by atoms with E-state index >= 15 is 0 Å². The highest BCUT2D eigenvalue weighted by molar-refractivity contribution is 6.35. The number of nitrogens with zero attached hydrogens (tertiary/aromatic N) is 1. The van der Waals surface area contributed by atoms with Crippen LogP contribution in [0, 0.1) is 0 Å². The van der Waals surface area contributed by atoms with Crippen LogP contribution >= 0.6 is 11.6 Å². The van der Waals surface area contributed by atoms with Gasteiger partial charge in [0.05, 0.1) is 10.5 Å². The van der Waals surface area contributed by atoms with E-state index < -0.39 is 0 Å². The van der Waals surface area contributed by atoms with E-state index in [1.165, 1.54) is 0 Å². The minimum absolute atomic E-state index is 0.751. The number of halogens is 1. The number of hydrogen-bond acceptors (Lipinski definition) is 1. The molecule has 2 rings (SSSR count). The lowest BCUT2D eigenvalue weighted by Crippen LogP contribution is -1.80. The Hall–Kier alpha value is -1.34. The van der Waals surface area contributed by atoms with Gasteiger partial charge in [-0.2, -0.15) is 0 Å². The van der Waals surface area contributed by atoms with Gasteiger partial charge in [-0.1, -0.05) is 29.8 Å². The molecule has 0 saturated heterocycles. The molecule has 0 unspecified atom stereocenters. The summed E-state index contributed by atoms with van der Waals surface area (Å²) in [7, 11) is 0. The van der Waals surface area contributed by atoms with Crippen LogP contribution in [-0.4, -0.2) is 4.98 Å². The summed E-state index contributed by atoms with van der Waals surface area (Å²) in [6, 6.07) is 7.87. The Balaban J connectivity index is 2.69. The maximum atomic E-state index is 6.07. The van der Waals surface area contributed by atoms with Crippen molar-refractivity contribution < 1.29 is 0 Å². The Kier molecular flexibility index (Phi) is 2.51. The van der Waals surface area contributed by atoms with Gasteiger partial charge in [-0.3, -0.25) is 4.98 Å². The molecule has 14 heavy (non-hydrogen) atoms. The highest BCUT2D eigenvalue weighted by Crippen LogP contribution is 2.22. The summed E-state index contributed by atoms with van der Waals surface area (Å²) in [5.41, 5.74) is 2.08. The molecule has 2 heteroatoms. The van der Waals surface area contributed by atoms with Crippen molar-refractivity contribution in [1.29, 1.82) is 0 Å². The van der Waals surface area contributed by atoms with Crippen molar-refractivity contribution in [2.24, 2.45) is 0 Å². The number of hydrogen-bond donors (Lipinski definition) is 0. The molecule has 1 aromatic carbocycles. The molecule has 0 aliphatic rings. The number of fused-ring (bicyclic) bond motifs is 1. The first-order valence-corrected chi connectivity index (χ1v) is 4.86. The van der Waals surface area contributed by atoms with E-state index in [0.29, 0.717) is 0 Å². The largest absolute Gasteiger partial charge is 0.256 e. The van der Waals surface area contributed by atoms with Gasteiger partial charge in [0, 0.05) is 11.6 Å². The van der Waals surface area contributed by atoms with Crippen molar-refractivity contribution in [2.45, 2.75) is 6.92 Å². The molecule has 1 nitrogen and oxygen atoms in total. The second-order valence-electron chi connectivity index (χ2n) is 3.07. The smallest absolute Gasteiger partial charge is 0.0717 e. The predicted octanol–water partition coefficient (Wildman–Crippen LogP) is 3.92. The first kappa shape index (κ1) is 9.22. The summed E-state index contributed by atoms with van der Waals surface area (Å²) in [6.45, 7) is 2.00. The molecule has 0 spiro atoms. The highest BCUT2D eigenvalue weighted by Gasteiger charge is 1.99. The fourth-order valence-corrected chi connectivity index (χ4v) is 1.63. The van der Waals surface area contributed by atoms with Gasteiger partial charge in [-0.05, 0) is 30.7 Å². The van der Waals surface area contributed by atoms with Gasteiger partial charge in [-0.25, -0.2) is 0 Å². The first-order valence-electron chi connectivity index (χ1n) is 4.48. The van der Waals surface area contributed by atoms with Gasteiger partial charge in [0.15, 0.2) is 0 Å². The van der Waals surface area contributed by atoms with Crippen LogP contribution in [0.25, 0.3) is 17.0 Å². The average Bonchev–Trinajstić information content (AvgIpc) is 2.20. The summed E-state index contributed by atoms with van der Waals surface area (Å²) in [5, 5.41) is 1.76. The van der Waals surface area contributed by atoms with E-state index in [1.54, 1.807) is 6.20 Å². The molecule has 0 fully saturated rings. The zero-order chi connectivity index (χ0) is 9.97. The monoisotopic (exact) mass is 203 g/mol. The topological polar surface area (TPSA) is 12.9 Å². The number of benzene rings is 1. The SMILES string of the molecule is C/C=C/c1ccc2nccc(Cl)c2c1. The Labute approximate surface area is 88.0 Å². The Morgan fingerprint density at radius 2 is 2.14 bits per heavy atom. The van der Waals surface area contributed by atoms with Gasteiger partial charge in [0.2, 0.25) is 0 Å². The number of allylic oxidation sites excluding steroid dienone is 1. The third-order valence-electron chi connectivity index (χ3n) is 2.07. The highest BCUT2D eigenvalue weighted by atomic mass is 35.5. The van der Waals surface area contributed by atoms with Crippen LogP contribution in [0.15, 0.2) is 36.5 Å². The zero-order valence-electron chi connectivity index (χ0n) is 7.87. The van der Waals surface area contributed by atoms with Gasteiger partial charge >= 0.3 is 0 Å². The van der Waals surface area contributed by atoms with Gasteiger partial charge in [0.1, 0.15) is 0 Å². The number of rotatable bonds is 1. The van der Waals surface area contributed by atoms with E-state index in [-0.39, 0.29) is 0 Å². The molecule has 1 aromatic heterocycles. The molecule has 0 bridgehead atoms. The second-order valence-corrected chi connectivity index (χ2v) is 3.48. The molecule has 0 aliphatic heterocycles. The lowest BCUT2D eigenvalue weighted by Gasteiger charge is -2.00. The molecule has 0 atom stereocenters. The van der Waals surface area contributed by atoms with E-state index in [9.17, 15) is 0 Å². The van der Waals surface area contributed by atoms with Crippen molar-refractivity contribution in [1.82, 2.24) is 4.98 Å². The van der Waals surface area contributed by atoms with Crippen LogP contribution in [0.5, 0.6) is 0 Å². The van der Waals surface area contributed by atoms with Gasteiger partial charge < -0.3 is 0 Å². The fourth-order valence-electron chi connectivity index (χ4n) is 1.43. The van der Waals surface area contributed by atoms with E-state index in [2.05, 4.69) is 4.98 Å². The normalized spacial score (nSPS) is 11.3. The Bertz CT molecular complexity index is 489. The third-order valence-corrected chi connectivity index (χ3v) is 2.40. The predicted molar refractivity (Wildman–Crippen MR) is 61.5 cm³/mol. The lowest BCUT2D eigenvalue weighted by atomic mass is 10.1. The van der Waals surface area contributed by atoms with Crippen LogP contribution < -0.4 is 0 Å². The number of pyridine rings is 1. The van der Waals surface area contributed by atoms with Crippen LogP contribution in [0.3, 0.4) is 0 Å². The Morgan fingerprint density at radius 3 is 2.93 bits per heavy atom. The lowest BCUT2D eigenvalue weighted by molar-refractivity contribution is 1.41. The van der Waals surface area contributed by atoms with Gasteiger partial charge in [-0.15, -0.1) is 0 Å². The second kappa shape index (κ2) is 3.81. The van der Waals surface area contributed by atoms with Crippen molar-refractivity contribution >= 4 is 28.6 Å². The first-order chi connectivity index (χ1) is 6.81. The average molecular weight is 204 g/mol. The molecule has 1 heterocycles. The molecule has 0 radical (unpaired) electrons. The quantitative estimate of drug-likeness (QED) is 0.685. The summed E-state index contributed by atoms with van der Waals surface area (Å²) < 4.78 is 0. The molecule has 0 N–H and O–H groups in total. The maximum absolute atomic E-state index is 6.07. The molecule has 2 aromatic rings. The summed E-state index contributed by atoms with van der Waals surface area (Å²) in [5.74, 6) is 0. The van der Waals surface area contributed by atoms with Crippen LogP contribution in [0.2, 0.25) is 5.02 Å². The van der Waals surface area contributed by atoms with Crippen LogP contribution in [0.4, 0.5) is 0 Å². The summed E-state index contributed by atoms with van der Waals surface area (Å²) in [4.78, 5) is 4.23.